The molecular formula is C16H8Cl4N2O3. The number of rotatable bonds is 3. The van der Waals surface area contributed by atoms with Gasteiger partial charge in [0.2, 0.25) is 0 Å². The van der Waals surface area contributed by atoms with Crippen LogP contribution in [0.3, 0.4) is 0 Å². The Morgan fingerprint density at radius 3 is 2.20 bits per heavy atom. The number of ketones is 1. The van der Waals surface area contributed by atoms with Crippen molar-refractivity contribution < 1.29 is 14.3 Å². The number of allylic oxidation sites excluding steroid dienone is 4. The Morgan fingerprint density at radius 1 is 0.960 bits per heavy atom. The van der Waals surface area contributed by atoms with E-state index in [4.69, 9.17) is 51.1 Å². The van der Waals surface area contributed by atoms with Crippen LogP contribution < -0.4 is 0 Å². The number of halogens is 4. The van der Waals surface area contributed by atoms with E-state index in [0.29, 0.717) is 0 Å². The minimum Gasteiger partial charge on any atom is -0.464 e. The lowest BCUT2D eigenvalue weighted by atomic mass is 9.70. The summed E-state index contributed by atoms with van der Waals surface area (Å²) in [7, 11) is 1.15. The van der Waals surface area contributed by atoms with Crippen LogP contribution in [0, 0.1) is 5.41 Å². The molecule has 5 nitrogen and oxygen atoms in total. The van der Waals surface area contributed by atoms with Gasteiger partial charge in [0.15, 0.2) is 16.9 Å². The van der Waals surface area contributed by atoms with Crippen LogP contribution in [-0.4, -0.2) is 30.3 Å². The molecule has 1 aromatic rings. The summed E-state index contributed by atoms with van der Waals surface area (Å²) >= 11 is 24.9. The highest BCUT2D eigenvalue weighted by Crippen LogP contribution is 2.52. The smallest absolute Gasteiger partial charge is 0.356 e. The quantitative estimate of drug-likeness (QED) is 0.545. The lowest BCUT2D eigenvalue weighted by molar-refractivity contribution is -0.133. The molecule has 0 saturated heterocycles. The zero-order valence-corrected chi connectivity index (χ0v) is 15.5. The molecule has 1 aromatic carbocycles. The first-order valence-electron chi connectivity index (χ1n) is 6.83. The first kappa shape index (κ1) is 18.1. The number of nitrogens with zero attached hydrogens (tertiary/aromatic N) is 2. The highest BCUT2D eigenvalue weighted by Gasteiger charge is 2.60. The molecule has 1 atom stereocenters. The van der Waals surface area contributed by atoms with Crippen molar-refractivity contribution in [1.29, 1.82) is 0 Å². The highest BCUT2D eigenvalue weighted by atomic mass is 35.5. The number of esters is 1. The first-order valence-corrected chi connectivity index (χ1v) is 8.35. The molecule has 25 heavy (non-hydrogen) atoms. The normalized spacial score (nSPS) is 22.4. The first-order chi connectivity index (χ1) is 11.9. The summed E-state index contributed by atoms with van der Waals surface area (Å²) in [5.74, 6) is -1.45. The van der Waals surface area contributed by atoms with Crippen LogP contribution in [0.5, 0.6) is 0 Å². The molecule has 3 rings (SSSR count). The highest BCUT2D eigenvalue weighted by molar-refractivity contribution is 6.67. The zero-order valence-electron chi connectivity index (χ0n) is 12.5. The van der Waals surface area contributed by atoms with Crippen LogP contribution in [0.4, 0.5) is 0 Å². The summed E-state index contributed by atoms with van der Waals surface area (Å²) in [6.45, 7) is 0. The Hall–Kier alpha value is -1.66. The molecule has 2 aliphatic rings. The Bertz CT molecular complexity index is 919. The van der Waals surface area contributed by atoms with Crippen molar-refractivity contribution in [2.45, 2.75) is 0 Å². The molecule has 1 heterocycles. The van der Waals surface area contributed by atoms with Gasteiger partial charge in [-0.3, -0.25) is 4.79 Å². The van der Waals surface area contributed by atoms with Gasteiger partial charge < -0.3 is 4.74 Å². The fourth-order valence-electron chi connectivity index (χ4n) is 2.65. The summed E-state index contributed by atoms with van der Waals surface area (Å²) < 4.78 is 4.73. The Morgan fingerprint density at radius 2 is 1.60 bits per heavy atom. The van der Waals surface area contributed by atoms with Crippen molar-refractivity contribution in [2.24, 2.45) is 15.6 Å². The average molecular weight is 418 g/mol. The van der Waals surface area contributed by atoms with Gasteiger partial charge in [0, 0.05) is 5.56 Å². The van der Waals surface area contributed by atoms with E-state index in [1.807, 2.05) is 0 Å². The van der Waals surface area contributed by atoms with E-state index < -0.39 is 17.2 Å². The summed E-state index contributed by atoms with van der Waals surface area (Å²) in [5.41, 5.74) is -2.03. The van der Waals surface area contributed by atoms with Crippen molar-refractivity contribution in [3.63, 3.8) is 0 Å². The number of Topliss-reactive ketones (excluding diaryl/α,β-unsaturated/α-hetero) is 1. The lowest BCUT2D eigenvalue weighted by Crippen LogP contribution is -2.49. The zero-order chi connectivity index (χ0) is 18.4. The van der Waals surface area contributed by atoms with E-state index in [9.17, 15) is 9.59 Å². The minimum absolute atomic E-state index is 0.0668. The molecule has 0 aromatic heterocycles. The molecule has 1 aliphatic heterocycles. The largest absolute Gasteiger partial charge is 0.464 e. The van der Waals surface area contributed by atoms with E-state index in [1.165, 1.54) is 0 Å². The molecular weight excluding hydrogens is 410 g/mol. The molecule has 0 amide bonds. The third kappa shape index (κ3) is 2.46. The standard InChI is InChI=1S/C16H8Cl4N2O3/c1-25-15(24)13-16(14(23)7-5-3-2-4-6-7)11(20)9(18)8(17)10(19)12(16)21-22-13/h2-6H,1H3. The van der Waals surface area contributed by atoms with Crippen LogP contribution in [0.15, 0.2) is 60.7 Å². The molecule has 0 fully saturated rings. The van der Waals surface area contributed by atoms with Gasteiger partial charge in [-0.2, -0.15) is 5.10 Å². The number of hydrogen-bond acceptors (Lipinski definition) is 5. The number of benzene rings is 1. The Labute approximate surface area is 162 Å². The second kappa shape index (κ2) is 6.57. The Balaban J connectivity index is 2.33. The van der Waals surface area contributed by atoms with Crippen molar-refractivity contribution in [2.75, 3.05) is 7.11 Å². The summed E-state index contributed by atoms with van der Waals surface area (Å²) in [6.07, 6.45) is 0. The molecule has 0 spiro atoms. The van der Waals surface area contributed by atoms with E-state index >= 15 is 0 Å². The van der Waals surface area contributed by atoms with Crippen molar-refractivity contribution in [3.8, 4) is 0 Å². The molecule has 1 unspecified atom stereocenters. The van der Waals surface area contributed by atoms with E-state index in [-0.39, 0.29) is 37.1 Å². The van der Waals surface area contributed by atoms with E-state index in [1.54, 1.807) is 30.3 Å². The molecule has 1 aliphatic carbocycles. The number of carbonyl (C=O) groups is 2. The maximum atomic E-state index is 13.4. The maximum Gasteiger partial charge on any atom is 0.356 e. The van der Waals surface area contributed by atoms with Gasteiger partial charge in [0.05, 0.1) is 27.2 Å². The monoisotopic (exact) mass is 416 g/mol. The summed E-state index contributed by atoms with van der Waals surface area (Å²) in [6, 6.07) is 8.19. The number of methoxy groups -OCH3 is 1. The molecule has 0 saturated carbocycles. The second-order valence-corrected chi connectivity index (χ2v) is 6.60. The average Bonchev–Trinajstić information content (AvgIpc) is 3.05. The van der Waals surface area contributed by atoms with Gasteiger partial charge in [0.25, 0.3) is 0 Å². The van der Waals surface area contributed by atoms with Gasteiger partial charge in [0.1, 0.15) is 5.71 Å². The lowest BCUT2D eigenvalue weighted by Gasteiger charge is -2.32. The summed E-state index contributed by atoms with van der Waals surface area (Å²) in [4.78, 5) is 25.6. The number of hydrogen-bond donors (Lipinski definition) is 0. The SMILES string of the molecule is COC(=O)C1=NN=C2C(Cl)=C(Cl)C(Cl)=C(Cl)C12C(=O)c1ccccc1. The number of carbonyl (C=O) groups excluding carboxylic acids is 2. The van der Waals surface area contributed by atoms with E-state index in [0.717, 1.165) is 7.11 Å². The van der Waals surface area contributed by atoms with Crippen LogP contribution in [-0.2, 0) is 9.53 Å². The van der Waals surface area contributed by atoms with Crippen LogP contribution >= 0.6 is 46.4 Å². The van der Waals surface area contributed by atoms with Crippen molar-refractivity contribution in [1.82, 2.24) is 0 Å². The van der Waals surface area contributed by atoms with Crippen molar-refractivity contribution in [3.05, 3.63) is 56.0 Å². The maximum absolute atomic E-state index is 13.4. The topological polar surface area (TPSA) is 68.1 Å². The van der Waals surface area contributed by atoms with E-state index in [2.05, 4.69) is 10.2 Å². The fourth-order valence-corrected chi connectivity index (χ4v) is 3.80. The van der Waals surface area contributed by atoms with Gasteiger partial charge in [-0.15, -0.1) is 5.10 Å². The van der Waals surface area contributed by atoms with Crippen LogP contribution in [0.1, 0.15) is 10.4 Å². The van der Waals surface area contributed by atoms with Gasteiger partial charge in [-0.25, -0.2) is 4.79 Å². The second-order valence-electron chi connectivity index (χ2n) is 5.09. The molecule has 9 heteroatoms. The number of fused-ring (bicyclic) bond motifs is 1. The van der Waals surface area contributed by atoms with Gasteiger partial charge >= 0.3 is 5.97 Å². The van der Waals surface area contributed by atoms with Gasteiger partial charge in [-0.1, -0.05) is 76.7 Å². The van der Waals surface area contributed by atoms with Gasteiger partial charge in [-0.05, 0) is 0 Å². The molecule has 0 bridgehead atoms. The number of ether oxygens (including phenoxy) is 1. The van der Waals surface area contributed by atoms with Crippen LogP contribution in [0.2, 0.25) is 0 Å². The predicted octanol–water partition coefficient (Wildman–Crippen LogP) is 4.23. The third-order valence-corrected chi connectivity index (χ3v) is 5.72. The third-order valence-electron chi connectivity index (χ3n) is 3.83. The molecule has 0 N–H and O–H groups in total. The minimum atomic E-state index is -1.90. The summed E-state index contributed by atoms with van der Waals surface area (Å²) in [5, 5.41) is 7.11. The molecule has 128 valence electrons. The predicted molar refractivity (Wildman–Crippen MR) is 97.6 cm³/mol. The molecule has 0 radical (unpaired) electrons. The Kier molecular flexibility index (Phi) is 4.77. The fraction of sp³-hybridized carbons (Fsp3) is 0.125. The van der Waals surface area contributed by atoms with Crippen molar-refractivity contribution >= 4 is 69.6 Å². The van der Waals surface area contributed by atoms with Crippen LogP contribution in [0.25, 0.3) is 0 Å².